The Morgan fingerprint density at radius 3 is 2.22 bits per heavy atom. The Hall–Kier alpha value is -0.700. The Balaban J connectivity index is 2.06. The molecule has 2 fully saturated rings. The first-order valence-electron chi connectivity index (χ1n) is 5.62. The van der Waals surface area contributed by atoms with E-state index in [1.807, 2.05) is 0 Å². The van der Waals surface area contributed by atoms with E-state index in [1.165, 1.54) is 4.90 Å². The summed E-state index contributed by atoms with van der Waals surface area (Å²) in [7, 11) is -7.75. The highest BCUT2D eigenvalue weighted by Crippen LogP contribution is 2.26. The molecule has 2 aliphatic heterocycles. The van der Waals surface area contributed by atoms with Crippen molar-refractivity contribution in [3.63, 3.8) is 0 Å². The molecule has 9 heteroatoms. The van der Waals surface area contributed by atoms with E-state index in [-0.39, 0.29) is 30.5 Å². The summed E-state index contributed by atoms with van der Waals surface area (Å²) in [6, 6.07) is -0.284. The number of nitrogens with zero attached hydrogens (tertiary/aromatic N) is 1. The number of likely N-dealkylation sites (tertiary alicyclic amines) is 1. The minimum atomic E-state index is -4.71. The van der Waals surface area contributed by atoms with Gasteiger partial charge in [-0.2, -0.15) is 8.42 Å². The maximum Gasteiger partial charge on any atom is 0.307 e. The van der Waals surface area contributed by atoms with Gasteiger partial charge in [0.15, 0.2) is 0 Å². The molecule has 0 aromatic rings. The number of sulfone groups is 1. The van der Waals surface area contributed by atoms with Crippen LogP contribution in [0.2, 0.25) is 0 Å². The van der Waals surface area contributed by atoms with Gasteiger partial charge in [0.25, 0.3) is 0 Å². The van der Waals surface area contributed by atoms with E-state index in [0.717, 1.165) is 0 Å². The minimum absolute atomic E-state index is 0.00547. The van der Waals surface area contributed by atoms with Crippen molar-refractivity contribution in [3.05, 3.63) is 0 Å². The summed E-state index contributed by atoms with van der Waals surface area (Å²) in [5.41, 5.74) is 0. The fraction of sp³-hybridized carbons (Fsp3) is 0.889. The van der Waals surface area contributed by atoms with Crippen molar-refractivity contribution in [2.45, 2.75) is 30.6 Å². The third kappa shape index (κ3) is 2.82. The van der Waals surface area contributed by atoms with Crippen molar-refractivity contribution in [1.82, 2.24) is 4.90 Å². The molecule has 2 rings (SSSR count). The first kappa shape index (κ1) is 13.7. The standard InChI is InChI=1S/C9H14FNO5S2/c10-18(15,16)8-5-9(12)11(6-8)7-1-3-17(13,14)4-2-7/h7-8H,1-6H2. The molecule has 2 aliphatic rings. The molecule has 0 N–H and O–H groups in total. The van der Waals surface area contributed by atoms with Crippen LogP contribution >= 0.6 is 0 Å². The third-order valence-corrected chi connectivity index (χ3v) is 6.31. The molecule has 2 saturated heterocycles. The molecule has 0 spiro atoms. The van der Waals surface area contributed by atoms with Crippen molar-refractivity contribution in [1.29, 1.82) is 0 Å². The molecule has 1 amide bonds. The maximum atomic E-state index is 12.8. The Kier molecular flexibility index (Phi) is 3.39. The molecule has 1 unspecified atom stereocenters. The smallest absolute Gasteiger partial charge is 0.307 e. The zero-order valence-electron chi connectivity index (χ0n) is 9.58. The number of hydrogen-bond acceptors (Lipinski definition) is 5. The molecule has 0 radical (unpaired) electrons. The fourth-order valence-corrected chi connectivity index (χ4v) is 4.58. The van der Waals surface area contributed by atoms with Crippen molar-refractivity contribution in [2.75, 3.05) is 18.1 Å². The topological polar surface area (TPSA) is 88.6 Å². The molecule has 0 aromatic carbocycles. The van der Waals surface area contributed by atoms with E-state index in [9.17, 15) is 25.5 Å². The first-order valence-corrected chi connectivity index (χ1v) is 8.89. The Labute approximate surface area is 105 Å². The number of carbonyl (C=O) groups excluding carboxylic acids is 1. The second-order valence-corrected chi connectivity index (χ2v) is 8.65. The zero-order valence-corrected chi connectivity index (χ0v) is 11.2. The first-order chi connectivity index (χ1) is 8.19. The zero-order chi connectivity index (χ0) is 13.6. The number of amides is 1. The van der Waals surface area contributed by atoms with Crippen LogP contribution in [0.15, 0.2) is 0 Å². The SMILES string of the molecule is O=C1CC(S(=O)(=O)F)CN1C1CCS(=O)(=O)CC1. The molecule has 1 atom stereocenters. The monoisotopic (exact) mass is 299 g/mol. The molecule has 104 valence electrons. The number of hydrogen-bond donors (Lipinski definition) is 0. The van der Waals surface area contributed by atoms with Gasteiger partial charge in [-0.3, -0.25) is 4.79 Å². The van der Waals surface area contributed by atoms with Crippen LogP contribution in [0.25, 0.3) is 0 Å². The normalized spacial score (nSPS) is 29.7. The van der Waals surface area contributed by atoms with Gasteiger partial charge in [-0.1, -0.05) is 0 Å². The van der Waals surface area contributed by atoms with Crippen LogP contribution in [-0.4, -0.2) is 57.0 Å². The van der Waals surface area contributed by atoms with E-state index >= 15 is 0 Å². The van der Waals surface area contributed by atoms with E-state index in [0.29, 0.717) is 12.8 Å². The van der Waals surface area contributed by atoms with Crippen molar-refractivity contribution in [3.8, 4) is 0 Å². The minimum Gasteiger partial charge on any atom is -0.338 e. The summed E-state index contributed by atoms with van der Waals surface area (Å²) < 4.78 is 56.9. The van der Waals surface area contributed by atoms with Gasteiger partial charge in [0.1, 0.15) is 15.1 Å². The summed E-state index contributed by atoms with van der Waals surface area (Å²) in [6.07, 6.45) is 0.252. The molecule has 2 heterocycles. The molecule has 6 nitrogen and oxygen atoms in total. The molecule has 0 aliphatic carbocycles. The molecule has 0 saturated carbocycles. The lowest BCUT2D eigenvalue weighted by molar-refractivity contribution is -0.129. The van der Waals surface area contributed by atoms with Crippen LogP contribution < -0.4 is 0 Å². The fourth-order valence-electron chi connectivity index (χ4n) is 2.43. The van der Waals surface area contributed by atoms with Crippen LogP contribution in [0.5, 0.6) is 0 Å². The lowest BCUT2D eigenvalue weighted by atomic mass is 10.1. The Morgan fingerprint density at radius 2 is 1.78 bits per heavy atom. The lowest BCUT2D eigenvalue weighted by Crippen LogP contribution is -2.42. The van der Waals surface area contributed by atoms with Crippen molar-refractivity contribution >= 4 is 26.0 Å². The molecular formula is C9H14FNO5S2. The van der Waals surface area contributed by atoms with Gasteiger partial charge in [0.05, 0.1) is 11.5 Å². The van der Waals surface area contributed by atoms with Crippen molar-refractivity contribution in [2.24, 2.45) is 0 Å². The highest BCUT2D eigenvalue weighted by Gasteiger charge is 2.42. The summed E-state index contributed by atoms with van der Waals surface area (Å²) in [6.45, 7) is -0.164. The van der Waals surface area contributed by atoms with E-state index in [1.54, 1.807) is 0 Å². The summed E-state index contributed by atoms with van der Waals surface area (Å²) in [5.74, 6) is -0.422. The molecule has 0 bridgehead atoms. The van der Waals surface area contributed by atoms with E-state index in [2.05, 4.69) is 0 Å². The predicted molar refractivity (Wildman–Crippen MR) is 61.8 cm³/mol. The number of carbonyl (C=O) groups is 1. The highest BCUT2D eigenvalue weighted by molar-refractivity contribution is 7.91. The summed E-state index contributed by atoms with van der Waals surface area (Å²) in [5, 5.41) is -1.30. The third-order valence-electron chi connectivity index (χ3n) is 3.49. The van der Waals surface area contributed by atoms with Crippen LogP contribution in [-0.2, 0) is 24.9 Å². The average Bonchev–Trinajstić information content (AvgIpc) is 2.60. The number of halogens is 1. The van der Waals surface area contributed by atoms with Gasteiger partial charge in [0.2, 0.25) is 5.91 Å². The maximum absolute atomic E-state index is 12.8. The quantitative estimate of drug-likeness (QED) is 0.639. The van der Waals surface area contributed by atoms with Gasteiger partial charge in [-0.05, 0) is 12.8 Å². The second-order valence-electron chi connectivity index (χ2n) is 4.73. The van der Waals surface area contributed by atoms with Crippen LogP contribution in [0.4, 0.5) is 3.89 Å². The van der Waals surface area contributed by atoms with E-state index < -0.39 is 31.2 Å². The predicted octanol–water partition coefficient (Wildman–Crippen LogP) is -0.536. The Bertz CT molecular complexity index is 542. The van der Waals surface area contributed by atoms with E-state index in [4.69, 9.17) is 0 Å². The van der Waals surface area contributed by atoms with Gasteiger partial charge in [-0.15, -0.1) is 3.89 Å². The summed E-state index contributed by atoms with van der Waals surface area (Å²) >= 11 is 0. The van der Waals surface area contributed by atoms with Gasteiger partial charge < -0.3 is 4.90 Å². The second kappa shape index (κ2) is 4.44. The highest BCUT2D eigenvalue weighted by atomic mass is 32.3. The van der Waals surface area contributed by atoms with Gasteiger partial charge in [-0.25, -0.2) is 8.42 Å². The van der Waals surface area contributed by atoms with Crippen LogP contribution in [0.1, 0.15) is 19.3 Å². The van der Waals surface area contributed by atoms with Gasteiger partial charge >= 0.3 is 10.2 Å². The molecule has 0 aromatic heterocycles. The average molecular weight is 299 g/mol. The van der Waals surface area contributed by atoms with Gasteiger partial charge in [0, 0.05) is 19.0 Å². The molecule has 18 heavy (non-hydrogen) atoms. The molecular weight excluding hydrogens is 285 g/mol. The number of rotatable bonds is 2. The Morgan fingerprint density at radius 1 is 1.22 bits per heavy atom. The van der Waals surface area contributed by atoms with Crippen molar-refractivity contribution < 1.29 is 25.5 Å². The van der Waals surface area contributed by atoms with Crippen LogP contribution in [0, 0.1) is 0 Å². The lowest BCUT2D eigenvalue weighted by Gasteiger charge is -2.30. The summed E-state index contributed by atoms with van der Waals surface area (Å²) in [4.78, 5) is 13.0. The van der Waals surface area contributed by atoms with Crippen LogP contribution in [0.3, 0.4) is 0 Å². The largest absolute Gasteiger partial charge is 0.338 e.